The minimum atomic E-state index is -4.83. The highest BCUT2D eigenvalue weighted by atomic mass is 19.4. The highest BCUT2D eigenvalue weighted by Crippen LogP contribution is 2.29. The quantitative estimate of drug-likeness (QED) is 0.914. The monoisotopic (exact) mass is 315 g/mol. The third kappa shape index (κ3) is 2.94. The van der Waals surface area contributed by atoms with Crippen LogP contribution in [0, 0.1) is 6.92 Å². The number of nitrogens with one attached hydrogen (secondary N) is 1. The zero-order chi connectivity index (χ0) is 16.7. The summed E-state index contributed by atoms with van der Waals surface area (Å²) in [6.45, 7) is 4.01. The molecule has 2 N–H and O–H groups in total. The Morgan fingerprint density at radius 3 is 2.55 bits per heavy atom. The van der Waals surface area contributed by atoms with Gasteiger partial charge in [0.05, 0.1) is 11.1 Å². The number of aliphatic hydroxyl groups excluding tert-OH is 1. The van der Waals surface area contributed by atoms with Gasteiger partial charge in [-0.25, -0.2) is 0 Å². The Kier molecular flexibility index (Phi) is 3.95. The van der Waals surface area contributed by atoms with E-state index in [1.165, 1.54) is 6.26 Å². The highest BCUT2D eigenvalue weighted by molar-refractivity contribution is 6.06. The number of rotatable bonds is 3. The number of hydrogen-bond acceptors (Lipinski definition) is 3. The Morgan fingerprint density at radius 1 is 1.32 bits per heavy atom. The topological polar surface area (TPSA) is 62.5 Å². The van der Waals surface area contributed by atoms with Crippen molar-refractivity contribution in [1.29, 1.82) is 0 Å². The van der Waals surface area contributed by atoms with Crippen LogP contribution in [0.25, 0.3) is 11.0 Å². The van der Waals surface area contributed by atoms with Crippen LogP contribution >= 0.6 is 0 Å². The van der Waals surface area contributed by atoms with E-state index < -0.39 is 23.7 Å². The molecule has 2 aromatic rings. The van der Waals surface area contributed by atoms with E-state index in [9.17, 15) is 23.1 Å². The van der Waals surface area contributed by atoms with Gasteiger partial charge in [0.15, 0.2) is 6.10 Å². The number of carbonyl (C=O) groups is 1. The number of furan rings is 1. The van der Waals surface area contributed by atoms with E-state index in [0.717, 1.165) is 19.4 Å². The molecule has 0 aliphatic rings. The van der Waals surface area contributed by atoms with Crippen molar-refractivity contribution >= 4 is 16.9 Å². The fourth-order valence-electron chi connectivity index (χ4n) is 2.22. The number of aryl methyl sites for hydroxylation is 1. The number of halogens is 3. The molecule has 1 atom stereocenters. The normalized spacial score (nSPS) is 14.1. The molecule has 0 radical (unpaired) electrons. The largest absolute Gasteiger partial charge is 0.463 e. The van der Waals surface area contributed by atoms with Crippen LogP contribution in [0.1, 0.15) is 29.8 Å². The van der Waals surface area contributed by atoms with Crippen LogP contribution in [-0.2, 0) is 0 Å². The number of benzene rings is 1. The van der Waals surface area contributed by atoms with Gasteiger partial charge in [-0.1, -0.05) is 18.2 Å². The van der Waals surface area contributed by atoms with Crippen LogP contribution in [-0.4, -0.2) is 28.8 Å². The summed E-state index contributed by atoms with van der Waals surface area (Å²) >= 11 is 0. The minimum Gasteiger partial charge on any atom is -0.463 e. The molecule has 0 aliphatic heterocycles. The average Bonchev–Trinajstić information content (AvgIpc) is 2.81. The van der Waals surface area contributed by atoms with Crippen LogP contribution in [0.3, 0.4) is 0 Å². The molecule has 0 saturated heterocycles. The second kappa shape index (κ2) is 5.31. The number of fused-ring (bicyclic) bond motifs is 1. The average molecular weight is 315 g/mol. The van der Waals surface area contributed by atoms with E-state index in [-0.39, 0.29) is 5.56 Å². The molecular formula is C15H16F3NO3. The summed E-state index contributed by atoms with van der Waals surface area (Å²) < 4.78 is 43.2. The second-order valence-corrected chi connectivity index (χ2v) is 5.72. The molecule has 22 heavy (non-hydrogen) atoms. The number of aliphatic hydroxyl groups is 1. The van der Waals surface area contributed by atoms with Crippen molar-refractivity contribution in [3.05, 3.63) is 35.6 Å². The van der Waals surface area contributed by atoms with Crippen LogP contribution in [0.5, 0.6) is 0 Å². The lowest BCUT2D eigenvalue weighted by atomic mass is 9.96. The van der Waals surface area contributed by atoms with Crippen LogP contribution < -0.4 is 5.32 Å². The molecule has 1 unspecified atom stereocenters. The van der Waals surface area contributed by atoms with E-state index in [2.05, 4.69) is 5.32 Å². The lowest BCUT2D eigenvalue weighted by Gasteiger charge is -2.32. The molecule has 1 aromatic carbocycles. The summed E-state index contributed by atoms with van der Waals surface area (Å²) in [6.07, 6.45) is -6.31. The number of alkyl halides is 3. The van der Waals surface area contributed by atoms with Gasteiger partial charge < -0.3 is 14.8 Å². The first-order valence-electron chi connectivity index (χ1n) is 6.58. The molecule has 1 aromatic heterocycles. The molecule has 0 fully saturated rings. The number of para-hydroxylation sites is 1. The maximum atomic E-state index is 12.6. The maximum Gasteiger partial charge on any atom is 0.416 e. The fraction of sp³-hybridized carbons (Fsp3) is 0.400. The van der Waals surface area contributed by atoms with Gasteiger partial charge in [0, 0.05) is 5.39 Å². The van der Waals surface area contributed by atoms with Crippen molar-refractivity contribution in [2.45, 2.75) is 38.6 Å². The van der Waals surface area contributed by atoms with E-state index in [1.807, 2.05) is 0 Å². The Balaban J connectivity index is 2.30. The van der Waals surface area contributed by atoms with Crippen molar-refractivity contribution in [2.24, 2.45) is 0 Å². The smallest absolute Gasteiger partial charge is 0.416 e. The lowest BCUT2D eigenvalue weighted by molar-refractivity contribution is -0.222. The Hall–Kier alpha value is -2.02. The van der Waals surface area contributed by atoms with Gasteiger partial charge in [0.25, 0.3) is 5.91 Å². The van der Waals surface area contributed by atoms with Gasteiger partial charge in [0.1, 0.15) is 11.8 Å². The molecule has 1 amide bonds. The first-order valence-corrected chi connectivity index (χ1v) is 6.58. The second-order valence-electron chi connectivity index (χ2n) is 5.72. The zero-order valence-electron chi connectivity index (χ0n) is 12.3. The summed E-state index contributed by atoms with van der Waals surface area (Å²) in [5.41, 5.74) is -0.433. The standard InChI is InChI=1S/C15H16F3NO3/c1-8-5-4-6-9-10(7-22-11(8)9)12(20)19-14(2,3)13(21)15(16,17)18/h4-7,13,21H,1-3H3,(H,19,20). The van der Waals surface area contributed by atoms with Crippen molar-refractivity contribution in [3.63, 3.8) is 0 Å². The van der Waals surface area contributed by atoms with E-state index in [1.54, 1.807) is 25.1 Å². The number of amides is 1. The fourth-order valence-corrected chi connectivity index (χ4v) is 2.22. The molecule has 120 valence electrons. The van der Waals surface area contributed by atoms with Gasteiger partial charge in [-0.3, -0.25) is 4.79 Å². The molecule has 0 bridgehead atoms. The molecule has 1 heterocycles. The third-order valence-corrected chi connectivity index (χ3v) is 3.47. The Labute approximate surface area is 124 Å². The Bertz CT molecular complexity index is 704. The summed E-state index contributed by atoms with van der Waals surface area (Å²) in [7, 11) is 0. The number of carbonyl (C=O) groups excluding carboxylic acids is 1. The summed E-state index contributed by atoms with van der Waals surface area (Å²) in [6, 6.07) is 5.17. The molecule has 4 nitrogen and oxygen atoms in total. The molecule has 7 heteroatoms. The summed E-state index contributed by atoms with van der Waals surface area (Å²) in [5.74, 6) is -0.738. The SMILES string of the molecule is Cc1cccc2c(C(=O)NC(C)(C)C(O)C(F)(F)F)coc12. The molecule has 2 rings (SSSR count). The summed E-state index contributed by atoms with van der Waals surface area (Å²) in [5, 5.41) is 12.1. The zero-order valence-corrected chi connectivity index (χ0v) is 12.3. The molecule has 0 aliphatic carbocycles. The predicted molar refractivity (Wildman–Crippen MR) is 74.6 cm³/mol. The van der Waals surface area contributed by atoms with Crippen molar-refractivity contribution < 1.29 is 27.5 Å². The van der Waals surface area contributed by atoms with Gasteiger partial charge in [-0.05, 0) is 26.3 Å². The van der Waals surface area contributed by atoms with Crippen molar-refractivity contribution in [1.82, 2.24) is 5.32 Å². The van der Waals surface area contributed by atoms with Crippen LogP contribution in [0.15, 0.2) is 28.9 Å². The van der Waals surface area contributed by atoms with Gasteiger partial charge in [-0.2, -0.15) is 13.2 Å². The van der Waals surface area contributed by atoms with Crippen molar-refractivity contribution in [3.8, 4) is 0 Å². The highest BCUT2D eigenvalue weighted by Gasteiger charge is 2.48. The van der Waals surface area contributed by atoms with E-state index >= 15 is 0 Å². The van der Waals surface area contributed by atoms with Gasteiger partial charge in [-0.15, -0.1) is 0 Å². The minimum absolute atomic E-state index is 0.126. The first kappa shape index (κ1) is 16.4. The van der Waals surface area contributed by atoms with E-state index in [0.29, 0.717) is 11.0 Å². The molecule has 0 saturated carbocycles. The van der Waals surface area contributed by atoms with E-state index in [4.69, 9.17) is 4.42 Å². The third-order valence-electron chi connectivity index (χ3n) is 3.47. The van der Waals surface area contributed by atoms with Crippen LogP contribution in [0.2, 0.25) is 0 Å². The van der Waals surface area contributed by atoms with Gasteiger partial charge in [0.2, 0.25) is 0 Å². The maximum absolute atomic E-state index is 12.6. The first-order chi connectivity index (χ1) is 10.0. The van der Waals surface area contributed by atoms with Crippen molar-refractivity contribution in [2.75, 3.05) is 0 Å². The van der Waals surface area contributed by atoms with Crippen LogP contribution in [0.4, 0.5) is 13.2 Å². The predicted octanol–water partition coefficient (Wildman–Crippen LogP) is 3.17. The summed E-state index contributed by atoms with van der Waals surface area (Å²) in [4.78, 5) is 12.2. The molecular weight excluding hydrogens is 299 g/mol. The molecule has 0 spiro atoms. The lowest BCUT2D eigenvalue weighted by Crippen LogP contribution is -2.57. The van der Waals surface area contributed by atoms with Gasteiger partial charge >= 0.3 is 6.18 Å². The number of hydrogen-bond donors (Lipinski definition) is 2. The Morgan fingerprint density at radius 2 is 1.95 bits per heavy atom.